The SMILES string of the molecule is CCOc1ccc(Cc2cc(C3OC(CO)C(O)C(OC(=O)c4ccccc4)C3OC(C)=O)ccc2Cl)cc1. The number of esters is 2. The molecular weight excluding hydrogens is 524 g/mol. The third-order valence-corrected chi connectivity index (χ3v) is 6.79. The number of rotatable bonds is 9. The molecule has 1 fully saturated rings. The second-order valence-electron chi connectivity index (χ2n) is 9.18. The molecule has 2 N–H and O–H groups in total. The fourth-order valence-electron chi connectivity index (χ4n) is 4.56. The van der Waals surface area contributed by atoms with Gasteiger partial charge in [-0.25, -0.2) is 4.79 Å². The Labute approximate surface area is 232 Å². The normalized spacial score (nSPS) is 22.6. The van der Waals surface area contributed by atoms with Crippen molar-refractivity contribution in [1.82, 2.24) is 0 Å². The lowest BCUT2D eigenvalue weighted by Crippen LogP contribution is -2.58. The monoisotopic (exact) mass is 554 g/mol. The van der Waals surface area contributed by atoms with Gasteiger partial charge in [-0.1, -0.05) is 54.1 Å². The van der Waals surface area contributed by atoms with Crippen LogP contribution in [0.1, 0.15) is 47.0 Å². The molecule has 8 nitrogen and oxygen atoms in total. The average Bonchev–Trinajstić information content (AvgIpc) is 2.93. The minimum absolute atomic E-state index is 0.263. The molecule has 1 heterocycles. The molecule has 5 atom stereocenters. The van der Waals surface area contributed by atoms with Crippen LogP contribution in [0.3, 0.4) is 0 Å². The van der Waals surface area contributed by atoms with Crippen LogP contribution >= 0.6 is 11.6 Å². The third-order valence-electron chi connectivity index (χ3n) is 6.42. The van der Waals surface area contributed by atoms with Crippen LogP contribution in [0.15, 0.2) is 72.8 Å². The second-order valence-corrected chi connectivity index (χ2v) is 9.59. The first kappa shape index (κ1) is 28.6. The zero-order valence-corrected chi connectivity index (χ0v) is 22.4. The van der Waals surface area contributed by atoms with Crippen LogP contribution in [-0.2, 0) is 25.4 Å². The molecular formula is C30H31ClO8. The van der Waals surface area contributed by atoms with Gasteiger partial charge in [0.2, 0.25) is 0 Å². The summed E-state index contributed by atoms with van der Waals surface area (Å²) >= 11 is 6.53. The van der Waals surface area contributed by atoms with Crippen molar-refractivity contribution >= 4 is 23.5 Å². The molecule has 0 amide bonds. The number of carbonyl (C=O) groups excluding carboxylic acids is 2. The molecule has 0 bridgehead atoms. The highest BCUT2D eigenvalue weighted by atomic mass is 35.5. The molecule has 39 heavy (non-hydrogen) atoms. The lowest BCUT2D eigenvalue weighted by Gasteiger charge is -2.43. The highest BCUT2D eigenvalue weighted by Gasteiger charge is 2.50. The van der Waals surface area contributed by atoms with Crippen molar-refractivity contribution in [3.63, 3.8) is 0 Å². The van der Waals surface area contributed by atoms with E-state index in [-0.39, 0.29) is 5.56 Å². The summed E-state index contributed by atoms with van der Waals surface area (Å²) in [5, 5.41) is 21.4. The standard InChI is InChI=1S/C30H31ClO8/c1-3-36-23-12-9-19(10-13-23)15-22-16-21(11-14-24(22)31)27-29(37-18(2)33)28(26(34)25(17-32)38-27)39-30(35)20-7-5-4-6-8-20/h4-14,16,25-29,32,34H,3,15,17H2,1-2H3. The van der Waals surface area contributed by atoms with E-state index in [0.717, 1.165) is 16.9 Å². The molecule has 3 aromatic carbocycles. The Bertz CT molecular complexity index is 1260. The number of carbonyl (C=O) groups is 2. The molecule has 206 valence electrons. The van der Waals surface area contributed by atoms with Crippen molar-refractivity contribution in [3.05, 3.63) is 100 Å². The highest BCUT2D eigenvalue weighted by molar-refractivity contribution is 6.31. The number of hydrogen-bond acceptors (Lipinski definition) is 8. The Balaban J connectivity index is 1.65. The van der Waals surface area contributed by atoms with E-state index in [4.69, 9.17) is 30.5 Å². The first-order valence-corrected chi connectivity index (χ1v) is 13.1. The van der Waals surface area contributed by atoms with E-state index in [1.807, 2.05) is 37.3 Å². The molecule has 0 aromatic heterocycles. The first-order valence-electron chi connectivity index (χ1n) is 12.7. The van der Waals surface area contributed by atoms with E-state index < -0.39 is 49.1 Å². The Kier molecular flexibility index (Phi) is 9.59. The van der Waals surface area contributed by atoms with Crippen LogP contribution in [-0.4, -0.2) is 59.8 Å². The topological polar surface area (TPSA) is 112 Å². The van der Waals surface area contributed by atoms with Crippen molar-refractivity contribution in [1.29, 1.82) is 0 Å². The second kappa shape index (κ2) is 13.1. The maximum Gasteiger partial charge on any atom is 0.338 e. The predicted octanol–water partition coefficient (Wildman–Crippen LogP) is 4.28. The van der Waals surface area contributed by atoms with Crippen molar-refractivity contribution < 1.29 is 38.7 Å². The van der Waals surface area contributed by atoms with Gasteiger partial charge < -0.3 is 29.2 Å². The zero-order valence-electron chi connectivity index (χ0n) is 21.7. The van der Waals surface area contributed by atoms with Crippen molar-refractivity contribution in [2.75, 3.05) is 13.2 Å². The summed E-state index contributed by atoms with van der Waals surface area (Å²) in [7, 11) is 0. The number of benzene rings is 3. The fourth-order valence-corrected chi connectivity index (χ4v) is 4.75. The van der Waals surface area contributed by atoms with E-state index >= 15 is 0 Å². The van der Waals surface area contributed by atoms with Gasteiger partial charge in [0.1, 0.15) is 24.1 Å². The number of halogens is 1. The number of ether oxygens (including phenoxy) is 4. The van der Waals surface area contributed by atoms with Crippen LogP contribution in [0.2, 0.25) is 5.02 Å². The Morgan fingerprint density at radius 1 is 0.974 bits per heavy atom. The van der Waals surface area contributed by atoms with Gasteiger partial charge in [0.05, 0.1) is 18.8 Å². The molecule has 0 aliphatic carbocycles. The molecule has 1 aliphatic heterocycles. The van der Waals surface area contributed by atoms with Crippen molar-refractivity contribution in [3.8, 4) is 5.75 Å². The summed E-state index contributed by atoms with van der Waals surface area (Å²) in [6, 6.07) is 21.2. The Morgan fingerprint density at radius 3 is 2.33 bits per heavy atom. The van der Waals surface area contributed by atoms with E-state index in [9.17, 15) is 19.8 Å². The fraction of sp³-hybridized carbons (Fsp3) is 0.333. The van der Waals surface area contributed by atoms with Gasteiger partial charge in [-0.2, -0.15) is 0 Å². The summed E-state index contributed by atoms with van der Waals surface area (Å²) in [5.41, 5.74) is 2.63. The molecule has 1 saturated heterocycles. The average molecular weight is 555 g/mol. The molecule has 1 aliphatic rings. The lowest BCUT2D eigenvalue weighted by atomic mass is 9.89. The van der Waals surface area contributed by atoms with Gasteiger partial charge in [0.25, 0.3) is 0 Å². The summed E-state index contributed by atoms with van der Waals surface area (Å²) < 4.78 is 22.8. The minimum Gasteiger partial charge on any atom is -0.494 e. The van der Waals surface area contributed by atoms with Gasteiger partial charge in [0.15, 0.2) is 12.2 Å². The summed E-state index contributed by atoms with van der Waals surface area (Å²) in [6.45, 7) is 3.17. The molecule has 0 spiro atoms. The van der Waals surface area contributed by atoms with Crippen LogP contribution in [0, 0.1) is 0 Å². The molecule has 0 saturated carbocycles. The van der Waals surface area contributed by atoms with E-state index in [2.05, 4.69) is 0 Å². The quantitative estimate of drug-likeness (QED) is 0.377. The van der Waals surface area contributed by atoms with Crippen molar-refractivity contribution in [2.24, 2.45) is 0 Å². The van der Waals surface area contributed by atoms with Gasteiger partial charge in [0, 0.05) is 11.9 Å². The molecule has 3 aromatic rings. The summed E-state index contributed by atoms with van der Waals surface area (Å²) in [6.07, 6.45) is -5.49. The Morgan fingerprint density at radius 2 is 1.69 bits per heavy atom. The Hall–Kier alpha value is -3.43. The highest BCUT2D eigenvalue weighted by Crippen LogP contribution is 2.38. The zero-order chi connectivity index (χ0) is 27.9. The number of hydrogen-bond donors (Lipinski definition) is 2. The summed E-state index contributed by atoms with van der Waals surface area (Å²) in [5.74, 6) is -0.584. The van der Waals surface area contributed by atoms with Gasteiger partial charge in [-0.15, -0.1) is 0 Å². The predicted molar refractivity (Wildman–Crippen MR) is 144 cm³/mol. The van der Waals surface area contributed by atoms with Crippen LogP contribution in [0.4, 0.5) is 0 Å². The van der Waals surface area contributed by atoms with Crippen molar-refractivity contribution in [2.45, 2.75) is 50.8 Å². The molecule has 9 heteroatoms. The smallest absolute Gasteiger partial charge is 0.338 e. The molecule has 0 radical (unpaired) electrons. The summed E-state index contributed by atoms with van der Waals surface area (Å²) in [4.78, 5) is 25.0. The van der Waals surface area contributed by atoms with E-state index in [1.165, 1.54) is 6.92 Å². The van der Waals surface area contributed by atoms with E-state index in [0.29, 0.717) is 23.6 Å². The van der Waals surface area contributed by atoms with Gasteiger partial charge in [-0.05, 0) is 60.4 Å². The van der Waals surface area contributed by atoms with Crippen LogP contribution in [0.5, 0.6) is 5.75 Å². The third kappa shape index (κ3) is 6.96. The molecule has 4 rings (SSSR count). The maximum atomic E-state index is 12.9. The lowest BCUT2D eigenvalue weighted by molar-refractivity contribution is -0.240. The maximum absolute atomic E-state index is 12.9. The minimum atomic E-state index is -1.45. The number of aliphatic hydroxyl groups is 2. The largest absolute Gasteiger partial charge is 0.494 e. The van der Waals surface area contributed by atoms with Gasteiger partial charge in [-0.3, -0.25) is 4.79 Å². The van der Waals surface area contributed by atoms with Crippen LogP contribution < -0.4 is 4.74 Å². The first-order chi connectivity index (χ1) is 18.8. The van der Waals surface area contributed by atoms with Gasteiger partial charge >= 0.3 is 11.9 Å². The molecule has 5 unspecified atom stereocenters. The number of aliphatic hydroxyl groups excluding tert-OH is 2. The van der Waals surface area contributed by atoms with E-state index in [1.54, 1.807) is 42.5 Å². The van der Waals surface area contributed by atoms with Crippen LogP contribution in [0.25, 0.3) is 0 Å².